The largest absolute Gasteiger partial charge is 0.339 e. The quantitative estimate of drug-likeness (QED) is 0.338. The lowest BCUT2D eigenvalue weighted by Gasteiger charge is -2.53. The zero-order chi connectivity index (χ0) is 28.5. The third kappa shape index (κ3) is 4.71. The second-order valence-corrected chi connectivity index (χ2v) is 14.0. The smallest absolute Gasteiger partial charge is 0.324 e. The molecule has 222 valence electrons. The van der Waals surface area contributed by atoms with Crippen LogP contribution in [-0.4, -0.2) is 75.9 Å². The van der Waals surface area contributed by atoms with Gasteiger partial charge in [-0.15, -0.1) is 0 Å². The summed E-state index contributed by atoms with van der Waals surface area (Å²) in [6.45, 7) is 2.25. The number of rotatable bonds is 8. The Bertz CT molecular complexity index is 1450. The summed E-state index contributed by atoms with van der Waals surface area (Å²) in [5.74, 6) is 4.03. The molecule has 0 N–H and O–H groups in total. The number of anilines is 1. The Kier molecular flexibility index (Phi) is 6.21. The van der Waals surface area contributed by atoms with E-state index in [1.807, 2.05) is 17.0 Å². The van der Waals surface area contributed by atoms with Gasteiger partial charge in [-0.05, 0) is 108 Å². The molecule has 1 aromatic carbocycles. The first-order valence-electron chi connectivity index (χ1n) is 15.9. The Labute approximate surface area is 246 Å². The summed E-state index contributed by atoms with van der Waals surface area (Å²) in [5, 5.41) is 8.56. The van der Waals surface area contributed by atoms with Gasteiger partial charge in [-0.2, -0.15) is 9.97 Å². The number of hydrogen-bond donors (Lipinski definition) is 0. The molecule has 6 fully saturated rings. The third-order valence-corrected chi connectivity index (χ3v) is 10.9. The molecule has 10 heteroatoms. The molecule has 6 aliphatic rings. The maximum atomic E-state index is 14.3. The van der Waals surface area contributed by atoms with Crippen molar-refractivity contribution in [3.05, 3.63) is 41.8 Å². The topological polar surface area (TPSA) is 105 Å². The van der Waals surface area contributed by atoms with Gasteiger partial charge in [0.2, 0.25) is 5.89 Å². The molecule has 0 radical (unpaired) electrons. The predicted molar refractivity (Wildman–Crippen MR) is 156 cm³/mol. The number of hydrogen-bond acceptors (Lipinski definition) is 8. The number of likely N-dealkylation sites (tertiary alicyclic amines) is 1. The van der Waals surface area contributed by atoms with E-state index in [0.29, 0.717) is 30.3 Å². The highest BCUT2D eigenvalue weighted by Crippen LogP contribution is 2.58. The normalized spacial score (nSPS) is 29.0. The van der Waals surface area contributed by atoms with Crippen LogP contribution in [0.5, 0.6) is 0 Å². The van der Waals surface area contributed by atoms with E-state index >= 15 is 0 Å². The number of nitrogens with zero attached hydrogens (tertiary/aromatic N) is 7. The van der Waals surface area contributed by atoms with Crippen LogP contribution in [0.25, 0.3) is 11.5 Å². The molecule has 1 saturated heterocycles. The Morgan fingerprint density at radius 2 is 1.62 bits per heavy atom. The van der Waals surface area contributed by atoms with Gasteiger partial charge < -0.3 is 18.8 Å². The van der Waals surface area contributed by atoms with Crippen LogP contribution in [-0.2, 0) is 5.41 Å². The molecule has 1 atom stereocenters. The fraction of sp³-hybridized carbons (Fsp3) is 0.656. The lowest BCUT2D eigenvalue weighted by atomic mass is 9.53. The molecule has 9 rings (SSSR count). The second kappa shape index (κ2) is 9.89. The number of carbonyl (C=O) groups excluding carboxylic acids is 1. The highest BCUT2D eigenvalue weighted by Gasteiger charge is 2.53. The average molecular weight is 572 g/mol. The van der Waals surface area contributed by atoms with Crippen molar-refractivity contribution in [2.24, 2.45) is 5.41 Å². The first-order valence-corrected chi connectivity index (χ1v) is 15.9. The van der Waals surface area contributed by atoms with Crippen LogP contribution < -0.4 is 4.90 Å². The molecule has 2 amide bonds. The SMILES string of the molecule is CN(C)[C@H]1CCN(C(=O)N(CC23CCC(c4nc(C5CC5)no4)(CC2)CC3)c2cccc(-c3nc(C4CC4)no3)c2)C1. The maximum absolute atomic E-state index is 14.3. The molecule has 1 aliphatic heterocycles. The number of likely N-dealkylation sites (N-methyl/N-ethyl adjacent to an activating group) is 1. The Hall–Kier alpha value is -3.27. The summed E-state index contributed by atoms with van der Waals surface area (Å²) < 4.78 is 11.5. The van der Waals surface area contributed by atoms with E-state index in [4.69, 9.17) is 14.0 Å². The number of urea groups is 1. The summed E-state index contributed by atoms with van der Waals surface area (Å²) >= 11 is 0. The number of amides is 2. The number of aromatic nitrogens is 4. The maximum Gasteiger partial charge on any atom is 0.324 e. The first kappa shape index (κ1) is 26.4. The van der Waals surface area contributed by atoms with Gasteiger partial charge in [-0.25, -0.2) is 4.79 Å². The summed E-state index contributed by atoms with van der Waals surface area (Å²) in [4.78, 5) is 30.2. The highest BCUT2D eigenvalue weighted by molar-refractivity contribution is 5.93. The lowest BCUT2D eigenvalue weighted by molar-refractivity contribution is 0.0283. The van der Waals surface area contributed by atoms with Gasteiger partial charge in [0.05, 0.1) is 0 Å². The summed E-state index contributed by atoms with van der Waals surface area (Å²) in [6.07, 6.45) is 11.9. The van der Waals surface area contributed by atoms with Gasteiger partial charge in [0.1, 0.15) is 0 Å². The van der Waals surface area contributed by atoms with E-state index in [9.17, 15) is 4.79 Å². The monoisotopic (exact) mass is 571 g/mol. The van der Waals surface area contributed by atoms with Crippen molar-refractivity contribution >= 4 is 11.7 Å². The van der Waals surface area contributed by atoms with Crippen molar-refractivity contribution in [1.82, 2.24) is 30.1 Å². The lowest BCUT2D eigenvalue weighted by Crippen LogP contribution is -2.53. The van der Waals surface area contributed by atoms with Crippen molar-refractivity contribution in [3.8, 4) is 11.5 Å². The summed E-state index contributed by atoms with van der Waals surface area (Å²) in [6, 6.07) is 8.62. The van der Waals surface area contributed by atoms with E-state index in [0.717, 1.165) is 99.7 Å². The molecule has 5 saturated carbocycles. The highest BCUT2D eigenvalue weighted by atomic mass is 16.5. The van der Waals surface area contributed by atoms with Crippen LogP contribution in [0, 0.1) is 5.41 Å². The van der Waals surface area contributed by atoms with Crippen molar-refractivity contribution in [2.75, 3.05) is 38.6 Å². The van der Waals surface area contributed by atoms with Crippen molar-refractivity contribution in [1.29, 1.82) is 0 Å². The van der Waals surface area contributed by atoms with Gasteiger partial charge in [-0.3, -0.25) is 4.90 Å². The van der Waals surface area contributed by atoms with Crippen LogP contribution in [0.1, 0.15) is 100 Å². The standard InChI is InChI=1S/C32H41N7O3/c1-37(2)25-10-17-38(19-25)30(40)39(24-5-3-4-23(18-24)28-33-26(35-41-28)21-6-7-21)20-31-11-14-32(15-12-31,16-13-31)29-34-27(36-42-29)22-8-9-22/h3-5,18,21-22,25H,6-17,19-20H2,1-2H3/t25-,31?,32?/m0/s1. The van der Waals surface area contributed by atoms with E-state index in [1.165, 1.54) is 12.8 Å². The van der Waals surface area contributed by atoms with Gasteiger partial charge in [0.25, 0.3) is 5.89 Å². The molecule has 10 nitrogen and oxygen atoms in total. The number of fused-ring (bicyclic) bond motifs is 3. The Balaban J connectivity index is 1.06. The average Bonchev–Trinajstić information content (AvgIpc) is 3.88. The fourth-order valence-electron chi connectivity index (χ4n) is 7.56. The molecular formula is C32H41N7O3. The van der Waals surface area contributed by atoms with Crippen molar-refractivity contribution in [2.45, 2.75) is 93.9 Å². The van der Waals surface area contributed by atoms with Crippen LogP contribution >= 0.6 is 0 Å². The van der Waals surface area contributed by atoms with Crippen LogP contribution in [0.3, 0.4) is 0 Å². The van der Waals surface area contributed by atoms with Gasteiger partial charge >= 0.3 is 6.03 Å². The molecule has 2 aromatic heterocycles. The molecule has 2 bridgehead atoms. The van der Waals surface area contributed by atoms with Gasteiger partial charge in [-0.1, -0.05) is 16.4 Å². The predicted octanol–water partition coefficient (Wildman–Crippen LogP) is 5.73. The molecule has 42 heavy (non-hydrogen) atoms. The second-order valence-electron chi connectivity index (χ2n) is 14.0. The van der Waals surface area contributed by atoms with E-state index < -0.39 is 0 Å². The molecule has 5 aliphatic carbocycles. The minimum Gasteiger partial charge on any atom is -0.339 e. The van der Waals surface area contributed by atoms with Crippen molar-refractivity contribution < 1.29 is 13.8 Å². The zero-order valence-corrected chi connectivity index (χ0v) is 24.8. The van der Waals surface area contributed by atoms with Crippen molar-refractivity contribution in [3.63, 3.8) is 0 Å². The zero-order valence-electron chi connectivity index (χ0n) is 24.8. The molecule has 0 spiro atoms. The van der Waals surface area contributed by atoms with E-state index in [2.05, 4.69) is 51.3 Å². The summed E-state index contributed by atoms with van der Waals surface area (Å²) in [5.41, 5.74) is 1.85. The molecule has 0 unspecified atom stereocenters. The molecular weight excluding hydrogens is 530 g/mol. The summed E-state index contributed by atoms with van der Waals surface area (Å²) in [7, 11) is 4.21. The minimum absolute atomic E-state index is 0.00174. The van der Waals surface area contributed by atoms with Crippen LogP contribution in [0.4, 0.5) is 10.5 Å². The number of benzene rings is 1. The van der Waals surface area contributed by atoms with E-state index in [-0.39, 0.29) is 16.9 Å². The van der Waals surface area contributed by atoms with E-state index in [1.54, 1.807) is 0 Å². The van der Waals surface area contributed by atoms with Gasteiger partial charge in [0, 0.05) is 54.2 Å². The van der Waals surface area contributed by atoms with Gasteiger partial charge in [0.15, 0.2) is 11.6 Å². The number of carbonyl (C=O) groups is 1. The van der Waals surface area contributed by atoms with Crippen LogP contribution in [0.2, 0.25) is 0 Å². The van der Waals surface area contributed by atoms with Crippen LogP contribution in [0.15, 0.2) is 33.3 Å². The Morgan fingerprint density at radius 3 is 2.29 bits per heavy atom. The third-order valence-electron chi connectivity index (χ3n) is 10.9. The Morgan fingerprint density at radius 1 is 0.929 bits per heavy atom. The fourth-order valence-corrected chi connectivity index (χ4v) is 7.56. The first-order chi connectivity index (χ1) is 20.4. The molecule has 3 aromatic rings. The minimum atomic E-state index is 0.00174. The molecule has 3 heterocycles.